The molecule has 9 heteroatoms. The minimum Gasteiger partial charge on any atom is -0.389 e. The predicted octanol–water partition coefficient (Wildman–Crippen LogP) is 0.115. The van der Waals surface area contributed by atoms with Gasteiger partial charge in [-0.05, 0) is 6.07 Å². The van der Waals surface area contributed by atoms with Crippen molar-refractivity contribution in [1.82, 2.24) is 9.29 Å². The van der Waals surface area contributed by atoms with Gasteiger partial charge in [-0.1, -0.05) is 23.2 Å². The molecule has 1 aliphatic rings. The summed E-state index contributed by atoms with van der Waals surface area (Å²) >= 11 is 11.3. The highest BCUT2D eigenvalue weighted by molar-refractivity contribution is 7.89. The number of sulfonamides is 1. The van der Waals surface area contributed by atoms with Gasteiger partial charge in [0.05, 0.1) is 17.2 Å². The molecule has 2 unspecified atom stereocenters. The number of hydrogen-bond donors (Lipinski definition) is 2. The van der Waals surface area contributed by atoms with Crippen LogP contribution in [0, 0.1) is 0 Å². The molecule has 0 spiro atoms. The van der Waals surface area contributed by atoms with Crippen LogP contribution in [0.2, 0.25) is 10.2 Å². The monoisotopic (exact) mass is 312 g/mol. The lowest BCUT2D eigenvalue weighted by Gasteiger charge is -2.15. The number of aromatic nitrogens is 1. The molecule has 0 saturated carbocycles. The summed E-state index contributed by atoms with van der Waals surface area (Å²) in [6.07, 6.45) is -1.09. The number of aliphatic hydroxyl groups excluding tert-OH is 2. The lowest BCUT2D eigenvalue weighted by molar-refractivity contribution is 0.0572. The van der Waals surface area contributed by atoms with Crippen LogP contribution in [0.1, 0.15) is 0 Å². The van der Waals surface area contributed by atoms with Crippen LogP contribution in [-0.2, 0) is 10.0 Å². The van der Waals surface area contributed by atoms with E-state index in [9.17, 15) is 18.6 Å². The van der Waals surface area contributed by atoms with Crippen molar-refractivity contribution in [2.45, 2.75) is 17.1 Å². The number of rotatable bonds is 2. The summed E-state index contributed by atoms with van der Waals surface area (Å²) in [5.41, 5.74) is 0. The maximum absolute atomic E-state index is 12.2. The van der Waals surface area contributed by atoms with Crippen molar-refractivity contribution >= 4 is 33.2 Å². The Hall–Kier alpha value is -0.440. The SMILES string of the molecule is O=S(=O)(c1cnc(Cl)c(Cl)c1)N1CC(O)C(O)C1. The fraction of sp³-hybridized carbons (Fsp3) is 0.444. The van der Waals surface area contributed by atoms with Crippen LogP contribution in [0.3, 0.4) is 0 Å². The second-order valence-corrected chi connectivity index (χ2v) is 6.60. The molecule has 1 aromatic heterocycles. The molecular weight excluding hydrogens is 303 g/mol. The first-order valence-electron chi connectivity index (χ1n) is 4.99. The van der Waals surface area contributed by atoms with Crippen LogP contribution in [-0.4, -0.2) is 53.2 Å². The van der Waals surface area contributed by atoms with Crippen LogP contribution in [0.5, 0.6) is 0 Å². The fourth-order valence-corrected chi connectivity index (χ4v) is 3.41. The Morgan fingerprint density at radius 3 is 2.33 bits per heavy atom. The molecule has 1 aliphatic heterocycles. The normalized spacial score (nSPS) is 25.6. The molecule has 2 atom stereocenters. The van der Waals surface area contributed by atoms with Crippen LogP contribution < -0.4 is 0 Å². The number of aliphatic hydroxyl groups is 2. The zero-order valence-corrected chi connectivity index (χ0v) is 11.3. The number of halogens is 2. The van der Waals surface area contributed by atoms with Crippen molar-refractivity contribution in [3.63, 3.8) is 0 Å². The Bertz CT molecular complexity index is 556. The molecule has 1 aromatic rings. The smallest absolute Gasteiger partial charge is 0.244 e. The van der Waals surface area contributed by atoms with E-state index in [1.807, 2.05) is 0 Å². The molecule has 2 N–H and O–H groups in total. The molecule has 100 valence electrons. The van der Waals surface area contributed by atoms with E-state index in [1.54, 1.807) is 0 Å². The Morgan fingerprint density at radius 1 is 1.28 bits per heavy atom. The lowest BCUT2D eigenvalue weighted by Crippen LogP contribution is -2.30. The Morgan fingerprint density at radius 2 is 1.83 bits per heavy atom. The van der Waals surface area contributed by atoms with Crippen LogP contribution in [0.15, 0.2) is 17.2 Å². The van der Waals surface area contributed by atoms with E-state index in [4.69, 9.17) is 23.2 Å². The topological polar surface area (TPSA) is 90.7 Å². The number of nitrogens with zero attached hydrogens (tertiary/aromatic N) is 2. The Labute approximate surface area is 114 Å². The Balaban J connectivity index is 2.34. The molecule has 0 radical (unpaired) electrons. The standard InChI is InChI=1S/C9H10Cl2N2O4S/c10-6-1-5(2-12-9(6)11)18(16,17)13-3-7(14)8(15)4-13/h1-2,7-8,14-15H,3-4H2. The molecule has 0 amide bonds. The summed E-state index contributed by atoms with van der Waals surface area (Å²) in [6, 6.07) is 1.18. The molecule has 6 nitrogen and oxygen atoms in total. The van der Waals surface area contributed by atoms with Gasteiger partial charge in [0, 0.05) is 19.3 Å². The van der Waals surface area contributed by atoms with Gasteiger partial charge in [0.1, 0.15) is 10.0 Å². The molecular formula is C9H10Cl2N2O4S. The van der Waals surface area contributed by atoms with E-state index in [0.29, 0.717) is 0 Å². The first-order chi connectivity index (χ1) is 8.32. The second-order valence-electron chi connectivity index (χ2n) is 3.90. The molecule has 0 bridgehead atoms. The van der Waals surface area contributed by atoms with Gasteiger partial charge in [-0.15, -0.1) is 0 Å². The summed E-state index contributed by atoms with van der Waals surface area (Å²) in [4.78, 5) is 3.53. The highest BCUT2D eigenvalue weighted by Gasteiger charge is 2.37. The van der Waals surface area contributed by atoms with Gasteiger partial charge >= 0.3 is 0 Å². The quantitative estimate of drug-likeness (QED) is 0.757. The van der Waals surface area contributed by atoms with E-state index in [-0.39, 0.29) is 28.2 Å². The minimum atomic E-state index is -3.84. The van der Waals surface area contributed by atoms with Gasteiger partial charge in [-0.25, -0.2) is 13.4 Å². The van der Waals surface area contributed by atoms with Crippen molar-refractivity contribution in [3.8, 4) is 0 Å². The molecule has 2 heterocycles. The van der Waals surface area contributed by atoms with Gasteiger partial charge in [-0.2, -0.15) is 4.31 Å². The van der Waals surface area contributed by atoms with Crippen LogP contribution >= 0.6 is 23.2 Å². The average molecular weight is 313 g/mol. The maximum Gasteiger partial charge on any atom is 0.244 e. The molecule has 2 rings (SSSR count). The lowest BCUT2D eigenvalue weighted by atomic mass is 10.3. The zero-order chi connectivity index (χ0) is 13.5. The van der Waals surface area contributed by atoms with Gasteiger partial charge in [-0.3, -0.25) is 0 Å². The fourth-order valence-electron chi connectivity index (χ4n) is 1.63. The third-order valence-corrected chi connectivity index (χ3v) is 5.12. The molecule has 1 saturated heterocycles. The van der Waals surface area contributed by atoms with E-state index in [1.165, 1.54) is 6.07 Å². The highest BCUT2D eigenvalue weighted by Crippen LogP contribution is 2.26. The number of β-amino-alcohol motifs (C(OH)–C–C–N with tert-alkyl or cyclic N) is 2. The van der Waals surface area contributed by atoms with Crippen molar-refractivity contribution in [3.05, 3.63) is 22.4 Å². The molecule has 1 fully saturated rings. The van der Waals surface area contributed by atoms with E-state index < -0.39 is 22.2 Å². The summed E-state index contributed by atoms with van der Waals surface area (Å²) < 4.78 is 25.3. The first kappa shape index (κ1) is 14.0. The molecule has 0 aromatic carbocycles. The number of hydrogen-bond acceptors (Lipinski definition) is 5. The van der Waals surface area contributed by atoms with Crippen LogP contribution in [0.25, 0.3) is 0 Å². The van der Waals surface area contributed by atoms with E-state index in [0.717, 1.165) is 10.5 Å². The van der Waals surface area contributed by atoms with E-state index >= 15 is 0 Å². The summed E-state index contributed by atoms with van der Waals surface area (Å²) in [5, 5.41) is 18.8. The van der Waals surface area contributed by atoms with Gasteiger partial charge < -0.3 is 10.2 Å². The summed E-state index contributed by atoms with van der Waals surface area (Å²) in [5.74, 6) is 0. The van der Waals surface area contributed by atoms with Crippen molar-refractivity contribution in [2.24, 2.45) is 0 Å². The molecule has 0 aliphatic carbocycles. The molecule has 18 heavy (non-hydrogen) atoms. The highest BCUT2D eigenvalue weighted by atomic mass is 35.5. The maximum atomic E-state index is 12.2. The summed E-state index contributed by atoms with van der Waals surface area (Å²) in [7, 11) is -3.84. The van der Waals surface area contributed by atoms with E-state index in [2.05, 4.69) is 4.98 Å². The predicted molar refractivity (Wildman–Crippen MR) is 65.0 cm³/mol. The Kier molecular flexibility index (Phi) is 3.82. The van der Waals surface area contributed by atoms with Crippen LogP contribution in [0.4, 0.5) is 0 Å². The first-order valence-corrected chi connectivity index (χ1v) is 7.19. The van der Waals surface area contributed by atoms with Crippen molar-refractivity contribution in [1.29, 1.82) is 0 Å². The van der Waals surface area contributed by atoms with Gasteiger partial charge in [0.25, 0.3) is 0 Å². The third kappa shape index (κ3) is 2.47. The average Bonchev–Trinajstić information content (AvgIpc) is 2.64. The third-order valence-electron chi connectivity index (χ3n) is 2.63. The second kappa shape index (κ2) is 4.92. The van der Waals surface area contributed by atoms with Crippen molar-refractivity contribution in [2.75, 3.05) is 13.1 Å². The van der Waals surface area contributed by atoms with Crippen molar-refractivity contribution < 1.29 is 18.6 Å². The number of pyridine rings is 1. The largest absolute Gasteiger partial charge is 0.389 e. The summed E-state index contributed by atoms with van der Waals surface area (Å²) in [6.45, 7) is -0.326. The zero-order valence-electron chi connectivity index (χ0n) is 8.99. The van der Waals surface area contributed by atoms with Gasteiger partial charge in [0.15, 0.2) is 0 Å². The van der Waals surface area contributed by atoms with Gasteiger partial charge in [0.2, 0.25) is 10.0 Å². The minimum absolute atomic E-state index is 0.0112.